The number of carbonyl (C=O) groups excluding carboxylic acids is 2. The van der Waals surface area contributed by atoms with Crippen LogP contribution >= 0.6 is 11.8 Å². The second kappa shape index (κ2) is 9.89. The first kappa shape index (κ1) is 23.8. The second-order valence-corrected chi connectivity index (χ2v) is 9.81. The minimum Gasteiger partial charge on any atom is -0.354 e. The maximum atomic E-state index is 13.7. The molecule has 2 N–H and O–H groups in total. The van der Waals surface area contributed by atoms with Crippen LogP contribution in [0.5, 0.6) is 0 Å². The third-order valence-corrected chi connectivity index (χ3v) is 6.69. The Morgan fingerprint density at radius 1 is 1.09 bits per heavy atom. The summed E-state index contributed by atoms with van der Waals surface area (Å²) in [4.78, 5) is 33.1. The molecule has 0 saturated carbocycles. The Morgan fingerprint density at radius 2 is 1.82 bits per heavy atom. The van der Waals surface area contributed by atoms with Gasteiger partial charge < -0.3 is 15.5 Å². The number of allylic oxidation sites excluding steroid dienone is 1. The van der Waals surface area contributed by atoms with E-state index in [2.05, 4.69) is 40.7 Å². The quantitative estimate of drug-likeness (QED) is 0.585. The van der Waals surface area contributed by atoms with Gasteiger partial charge >= 0.3 is 0 Å². The van der Waals surface area contributed by atoms with Gasteiger partial charge in [-0.1, -0.05) is 53.7 Å². The number of nitrogens with zero attached hydrogens (tertiary/aromatic N) is 2. The third kappa shape index (κ3) is 4.94. The van der Waals surface area contributed by atoms with Crippen molar-refractivity contribution in [3.05, 3.63) is 87.6 Å². The number of thioether (sulfide) groups is 1. The van der Waals surface area contributed by atoms with Gasteiger partial charge in [-0.3, -0.25) is 9.59 Å². The van der Waals surface area contributed by atoms with E-state index in [9.17, 15) is 9.59 Å². The monoisotopic (exact) mass is 474 g/mol. The van der Waals surface area contributed by atoms with Gasteiger partial charge in [0.05, 0.1) is 23.7 Å². The van der Waals surface area contributed by atoms with Gasteiger partial charge in [0, 0.05) is 17.4 Å². The molecule has 1 atom stereocenters. The summed E-state index contributed by atoms with van der Waals surface area (Å²) in [5, 5.41) is 8.77. The first-order valence-corrected chi connectivity index (χ1v) is 12.3. The lowest BCUT2D eigenvalue weighted by Crippen LogP contribution is -2.39. The molecular weight excluding hydrogens is 444 g/mol. The van der Waals surface area contributed by atoms with E-state index in [-0.39, 0.29) is 30.3 Å². The zero-order chi connectivity index (χ0) is 24.4. The van der Waals surface area contributed by atoms with E-state index in [1.807, 2.05) is 63.4 Å². The number of hydrogen-bond acceptors (Lipinski definition) is 5. The molecule has 0 aliphatic carbocycles. The van der Waals surface area contributed by atoms with Crippen molar-refractivity contribution in [1.82, 2.24) is 10.2 Å². The van der Waals surface area contributed by atoms with Crippen molar-refractivity contribution in [3.8, 4) is 0 Å². The predicted octanol–water partition coefficient (Wildman–Crippen LogP) is 5.43. The molecular formula is C27H30N4O2S. The molecule has 2 amide bonds. The average Bonchev–Trinajstić information content (AvgIpc) is 3.16. The van der Waals surface area contributed by atoms with Gasteiger partial charge in [-0.15, -0.1) is 0 Å². The number of amidine groups is 1. The van der Waals surface area contributed by atoms with Crippen LogP contribution in [0.3, 0.4) is 0 Å². The van der Waals surface area contributed by atoms with Crippen molar-refractivity contribution in [2.45, 2.75) is 53.1 Å². The summed E-state index contributed by atoms with van der Waals surface area (Å²) < 4.78 is 0. The summed E-state index contributed by atoms with van der Waals surface area (Å²) in [7, 11) is 0. The van der Waals surface area contributed by atoms with Crippen molar-refractivity contribution in [3.63, 3.8) is 0 Å². The van der Waals surface area contributed by atoms with Crippen molar-refractivity contribution in [2.24, 2.45) is 4.99 Å². The number of amides is 2. The Labute approximate surface area is 205 Å². The zero-order valence-corrected chi connectivity index (χ0v) is 21.0. The van der Waals surface area contributed by atoms with Crippen molar-refractivity contribution in [1.29, 1.82) is 0 Å². The molecule has 0 unspecified atom stereocenters. The molecule has 34 heavy (non-hydrogen) atoms. The van der Waals surface area contributed by atoms with Gasteiger partial charge in [0.15, 0.2) is 5.17 Å². The molecule has 2 aliphatic rings. The van der Waals surface area contributed by atoms with Crippen molar-refractivity contribution < 1.29 is 9.59 Å². The highest BCUT2D eigenvalue weighted by molar-refractivity contribution is 8.16. The number of hydrogen-bond donors (Lipinski definition) is 2. The Bertz CT molecular complexity index is 1210. The molecule has 2 aliphatic heterocycles. The standard InChI is InChI=1S/C27H30N4O2S/c1-16(2)28-23(32)14-21-15-34-27-29-19(5)24(26(33)30-20-9-7-6-8-10-20)25(31(21)27)22-13-17(3)11-12-18(22)4/h6-13,15-16,25H,14H2,1-5H3,(H,28,32)(H,30,33)/t25-/m0/s1. The van der Waals surface area contributed by atoms with Crippen LogP contribution in [-0.2, 0) is 9.59 Å². The Kier molecular flexibility index (Phi) is 6.93. The molecule has 6 nitrogen and oxygen atoms in total. The Hall–Kier alpha value is -3.32. The number of carbonyl (C=O) groups is 2. The van der Waals surface area contributed by atoms with Gasteiger partial charge in [0.1, 0.15) is 0 Å². The van der Waals surface area contributed by atoms with Gasteiger partial charge in [0.25, 0.3) is 5.91 Å². The number of para-hydroxylation sites is 1. The van der Waals surface area contributed by atoms with Gasteiger partial charge in [-0.2, -0.15) is 0 Å². The molecule has 0 aromatic heterocycles. The molecule has 2 aromatic rings. The smallest absolute Gasteiger partial charge is 0.255 e. The molecule has 176 valence electrons. The van der Waals surface area contributed by atoms with E-state index in [0.717, 1.165) is 33.2 Å². The summed E-state index contributed by atoms with van der Waals surface area (Å²) in [5.41, 5.74) is 6.05. The topological polar surface area (TPSA) is 73.8 Å². The van der Waals surface area contributed by atoms with Crippen LogP contribution in [-0.4, -0.2) is 27.9 Å². The summed E-state index contributed by atoms with van der Waals surface area (Å²) in [6.07, 6.45) is 0.220. The van der Waals surface area contributed by atoms with Gasteiger partial charge in [-0.05, 0) is 63.3 Å². The fourth-order valence-corrected chi connectivity index (χ4v) is 5.23. The molecule has 0 spiro atoms. The van der Waals surface area contributed by atoms with Crippen molar-refractivity contribution >= 4 is 34.4 Å². The van der Waals surface area contributed by atoms with E-state index >= 15 is 0 Å². The maximum absolute atomic E-state index is 13.7. The fraction of sp³-hybridized carbons (Fsp3) is 0.296. The number of nitrogens with one attached hydrogen (secondary N) is 2. The minimum absolute atomic E-state index is 0.0515. The second-order valence-electron chi connectivity index (χ2n) is 8.97. The molecule has 4 rings (SSSR count). The molecule has 2 heterocycles. The summed E-state index contributed by atoms with van der Waals surface area (Å²) >= 11 is 1.49. The fourth-order valence-electron chi connectivity index (χ4n) is 4.27. The van der Waals surface area contributed by atoms with Crippen LogP contribution in [0.1, 0.15) is 49.9 Å². The molecule has 0 bridgehead atoms. The van der Waals surface area contributed by atoms with Crippen LogP contribution in [0.15, 0.2) is 75.9 Å². The SMILES string of the molecule is CC1=C(C(=O)Nc2ccccc2)[C@H](c2cc(C)ccc2C)N2C(CC(=O)NC(C)C)=CSC2=N1. The number of fused-ring (bicyclic) bond motifs is 1. The molecule has 0 radical (unpaired) electrons. The van der Waals surface area contributed by atoms with E-state index in [4.69, 9.17) is 4.99 Å². The van der Waals surface area contributed by atoms with Crippen molar-refractivity contribution in [2.75, 3.05) is 5.32 Å². The number of anilines is 1. The highest BCUT2D eigenvalue weighted by atomic mass is 32.2. The lowest BCUT2D eigenvalue weighted by atomic mass is 9.89. The van der Waals surface area contributed by atoms with Crippen LogP contribution in [0.4, 0.5) is 5.69 Å². The van der Waals surface area contributed by atoms with E-state index < -0.39 is 0 Å². The highest BCUT2D eigenvalue weighted by Gasteiger charge is 2.41. The van der Waals surface area contributed by atoms with E-state index in [0.29, 0.717) is 11.3 Å². The van der Waals surface area contributed by atoms with Crippen LogP contribution in [0, 0.1) is 13.8 Å². The van der Waals surface area contributed by atoms with E-state index in [1.54, 1.807) is 0 Å². The number of aryl methyl sites for hydroxylation is 2. The summed E-state index contributed by atoms with van der Waals surface area (Å²) in [6, 6.07) is 15.4. The lowest BCUT2D eigenvalue weighted by molar-refractivity contribution is -0.121. The lowest BCUT2D eigenvalue weighted by Gasteiger charge is -2.37. The van der Waals surface area contributed by atoms with Crippen LogP contribution in [0.2, 0.25) is 0 Å². The first-order valence-electron chi connectivity index (χ1n) is 11.4. The predicted molar refractivity (Wildman–Crippen MR) is 139 cm³/mol. The third-order valence-electron chi connectivity index (χ3n) is 5.80. The normalized spacial score (nSPS) is 17.4. The van der Waals surface area contributed by atoms with Crippen LogP contribution in [0.25, 0.3) is 0 Å². The number of aliphatic imine (C=N–C) groups is 1. The van der Waals surface area contributed by atoms with Gasteiger partial charge in [0.2, 0.25) is 5.91 Å². The zero-order valence-electron chi connectivity index (χ0n) is 20.2. The maximum Gasteiger partial charge on any atom is 0.255 e. The molecule has 7 heteroatoms. The summed E-state index contributed by atoms with van der Waals surface area (Å²) in [6.45, 7) is 9.88. The van der Waals surface area contributed by atoms with Crippen LogP contribution < -0.4 is 10.6 Å². The first-order chi connectivity index (χ1) is 16.2. The number of benzene rings is 2. The summed E-state index contributed by atoms with van der Waals surface area (Å²) in [5.74, 6) is -0.246. The van der Waals surface area contributed by atoms with E-state index in [1.165, 1.54) is 11.8 Å². The average molecular weight is 475 g/mol. The molecule has 2 aromatic carbocycles. The Morgan fingerprint density at radius 3 is 2.53 bits per heavy atom. The molecule has 0 fully saturated rings. The van der Waals surface area contributed by atoms with Gasteiger partial charge in [-0.25, -0.2) is 4.99 Å². The number of rotatable bonds is 6. The molecule has 0 saturated heterocycles. The Balaban J connectivity index is 1.78. The largest absolute Gasteiger partial charge is 0.354 e. The highest BCUT2D eigenvalue weighted by Crippen LogP contribution is 2.45. The minimum atomic E-state index is -0.385.